The van der Waals surface area contributed by atoms with Crippen molar-refractivity contribution in [1.82, 2.24) is 15.3 Å². The van der Waals surface area contributed by atoms with Crippen molar-refractivity contribution < 1.29 is 33.8 Å². The van der Waals surface area contributed by atoms with E-state index in [4.69, 9.17) is 19.4 Å². The number of hydrogen-bond acceptors (Lipinski definition) is 5. The second kappa shape index (κ2) is 27.4. The quantitative estimate of drug-likeness (QED) is 0.0628. The van der Waals surface area contributed by atoms with E-state index in [0.717, 1.165) is 93.5 Å². The Balaban J connectivity index is 0.0000107. The van der Waals surface area contributed by atoms with Crippen LogP contribution in [0.5, 0.6) is 0 Å². The third kappa shape index (κ3) is 15.0. The Labute approximate surface area is 436 Å². The van der Waals surface area contributed by atoms with Gasteiger partial charge in [0, 0.05) is 29.2 Å². The number of esters is 2. The van der Waals surface area contributed by atoms with E-state index in [2.05, 4.69) is 96.3 Å². The maximum absolute atomic E-state index is 14.4. The Hall–Kier alpha value is -4.48. The number of fused-ring (bicyclic) bond motifs is 8. The topological polar surface area (TPSA) is 138 Å². The predicted octanol–water partition coefficient (Wildman–Crippen LogP) is 11.9. The Morgan fingerprint density at radius 2 is 1.46 bits per heavy atom. The van der Waals surface area contributed by atoms with Crippen LogP contribution in [0.3, 0.4) is 0 Å². The molecule has 5 unspecified atom stereocenters. The molecular formula is C59H85MgN5O5+2. The molecule has 5 atom stereocenters. The molecule has 10 nitrogen and oxygen atoms in total. The van der Waals surface area contributed by atoms with Gasteiger partial charge < -0.3 is 24.8 Å². The van der Waals surface area contributed by atoms with Crippen molar-refractivity contribution in [3.05, 3.63) is 93.4 Å². The van der Waals surface area contributed by atoms with Crippen molar-refractivity contribution in [2.24, 2.45) is 17.8 Å². The van der Waals surface area contributed by atoms with Crippen LogP contribution in [0.1, 0.15) is 216 Å². The van der Waals surface area contributed by atoms with E-state index in [1.807, 2.05) is 39.0 Å². The molecule has 376 valence electrons. The number of nitrogens with zero attached hydrogens (tertiary/aromatic N) is 2. The number of aromatic amines is 2. The molecule has 0 saturated carbocycles. The van der Waals surface area contributed by atoms with Gasteiger partial charge in [-0.05, 0) is 121 Å². The molecule has 2 aromatic heterocycles. The predicted molar refractivity (Wildman–Crippen MR) is 286 cm³/mol. The standard InChI is InChI=1S/C59H84N5O5.Mg/c1-15-39(9)60-59(67)56-43(13)51-34-53-45(17-3)41(11)49(62-53)33-52-44(16-2)40(10)48(61-52)32-50-42(12)46(57(63-50)47(58(56)64-51)31-55(66)68-14)27-28-54(65)69-30-29-38(8)26-20-25-37(7)24-19-23-36(6)22-18-21-35(4)5;/h16,29,32-37,39,42,46H,2,15,17-28,30-31H2,1,3-14H3,(H2-,60,61,62,63,64,67);/q-1;+2/p+1/b38-29+;. The first-order valence-corrected chi connectivity index (χ1v) is 26.2. The van der Waals surface area contributed by atoms with E-state index in [1.54, 1.807) is 0 Å². The summed E-state index contributed by atoms with van der Waals surface area (Å²) in [6.07, 6.45) is 17.1. The van der Waals surface area contributed by atoms with Gasteiger partial charge in [-0.3, -0.25) is 14.4 Å². The molecule has 5 rings (SSSR count). The van der Waals surface area contributed by atoms with Gasteiger partial charge in [0.25, 0.3) is 5.91 Å². The number of aryl methyl sites for hydroxylation is 2. The van der Waals surface area contributed by atoms with Gasteiger partial charge in [-0.2, -0.15) is 0 Å². The molecule has 5 heterocycles. The molecule has 3 aliphatic rings. The number of rotatable bonds is 24. The van der Waals surface area contributed by atoms with Gasteiger partial charge in [-0.15, -0.1) is 22.4 Å². The average Bonchev–Trinajstić information content (AvgIpc) is 3.99. The van der Waals surface area contributed by atoms with Gasteiger partial charge >= 0.3 is 35.0 Å². The van der Waals surface area contributed by atoms with Crippen molar-refractivity contribution in [2.75, 3.05) is 13.7 Å². The Morgan fingerprint density at radius 1 is 0.814 bits per heavy atom. The molecule has 0 saturated heterocycles. The molecule has 0 spiro atoms. The minimum atomic E-state index is -0.465. The molecule has 8 bridgehead atoms. The summed E-state index contributed by atoms with van der Waals surface area (Å²) in [5, 5.41) is 3.19. The zero-order valence-electron chi connectivity index (χ0n) is 45.3. The van der Waals surface area contributed by atoms with Crippen LogP contribution < -0.4 is 25.3 Å². The number of methoxy groups -OCH3 is 1. The second-order valence-corrected chi connectivity index (χ2v) is 20.8. The average molecular weight is 969 g/mol. The van der Waals surface area contributed by atoms with Crippen LogP contribution in [-0.2, 0) is 36.7 Å². The number of ether oxygens (including phenoxy) is 2. The van der Waals surface area contributed by atoms with E-state index in [0.29, 0.717) is 40.6 Å². The molecule has 0 radical (unpaired) electrons. The third-order valence-corrected chi connectivity index (χ3v) is 15.0. The number of carbonyl (C=O) groups excluding carboxylic acids is 3. The van der Waals surface area contributed by atoms with Crippen LogP contribution in [0, 0.1) is 24.7 Å². The monoisotopic (exact) mass is 968 g/mol. The molecule has 11 heteroatoms. The van der Waals surface area contributed by atoms with E-state index in [-0.39, 0.29) is 72.3 Å². The fourth-order valence-corrected chi connectivity index (χ4v) is 10.2. The summed E-state index contributed by atoms with van der Waals surface area (Å²) >= 11 is 0. The van der Waals surface area contributed by atoms with Crippen molar-refractivity contribution in [1.29, 1.82) is 0 Å². The zero-order chi connectivity index (χ0) is 50.5. The van der Waals surface area contributed by atoms with Crippen LogP contribution in [-0.4, -0.2) is 60.7 Å². The molecule has 3 aliphatic heterocycles. The van der Waals surface area contributed by atoms with E-state index < -0.39 is 5.97 Å². The molecule has 2 aromatic rings. The van der Waals surface area contributed by atoms with Crippen LogP contribution in [0.25, 0.3) is 33.3 Å². The van der Waals surface area contributed by atoms with Crippen LogP contribution >= 0.6 is 0 Å². The van der Waals surface area contributed by atoms with Crippen LogP contribution in [0.4, 0.5) is 0 Å². The normalized spacial score (nSPS) is 16.7. The Kier molecular flexibility index (Phi) is 22.7. The fraction of sp³-hybridized carbons (Fsp3) is 0.576. The number of allylic oxidation sites excluding steroid dienone is 5. The zero-order valence-corrected chi connectivity index (χ0v) is 46.7. The first-order valence-electron chi connectivity index (χ1n) is 26.2. The second-order valence-electron chi connectivity index (χ2n) is 20.8. The molecule has 70 heavy (non-hydrogen) atoms. The summed E-state index contributed by atoms with van der Waals surface area (Å²) in [5.74, 6) is 0.873. The van der Waals surface area contributed by atoms with E-state index >= 15 is 0 Å². The maximum atomic E-state index is 14.4. The van der Waals surface area contributed by atoms with Crippen LogP contribution in [0.15, 0.2) is 42.5 Å². The smallest absolute Gasteiger partial charge is 0.664 e. The molecule has 0 aromatic carbocycles. The minimum absolute atomic E-state index is 0. The van der Waals surface area contributed by atoms with Crippen LogP contribution in [0.2, 0.25) is 0 Å². The largest absolute Gasteiger partial charge is 2.00 e. The SMILES string of the molecule is C=CC1=C(C)c2cc3[n-]c(c(CC(=O)OC)c4[nH+]c(cc5[n-]c(cc1[nH+]2)c(C)c5CC)C(C)=C4C(=O)NC(C)CC)C(CCC(=O)OC/C=C(\C)CCCC(C)CCCC(C)CCCC(C)C)C3C.[Mg+2]. The molecule has 0 aliphatic carbocycles. The summed E-state index contributed by atoms with van der Waals surface area (Å²) < 4.78 is 11.2. The van der Waals surface area contributed by atoms with Gasteiger partial charge in [-0.1, -0.05) is 123 Å². The van der Waals surface area contributed by atoms with Gasteiger partial charge in [0.1, 0.15) is 12.2 Å². The summed E-state index contributed by atoms with van der Waals surface area (Å²) in [7, 11) is 1.37. The summed E-state index contributed by atoms with van der Waals surface area (Å²) in [5.41, 5.74) is 13.3. The number of hydrogen-bond donors (Lipinski definition) is 1. The minimum Gasteiger partial charge on any atom is -0.664 e. The summed E-state index contributed by atoms with van der Waals surface area (Å²) in [6.45, 7) is 30.3. The van der Waals surface area contributed by atoms with Crippen molar-refractivity contribution in [2.45, 2.75) is 191 Å². The molecule has 0 fully saturated rings. The first kappa shape index (κ1) is 58.1. The maximum Gasteiger partial charge on any atom is 2.00 e. The van der Waals surface area contributed by atoms with E-state index in [1.165, 1.54) is 57.6 Å². The number of nitrogens with one attached hydrogen (secondary N) is 3. The molecular weight excluding hydrogens is 883 g/mol. The summed E-state index contributed by atoms with van der Waals surface area (Å²) in [4.78, 5) is 59.3. The number of amides is 1. The van der Waals surface area contributed by atoms with Crippen molar-refractivity contribution in [3.8, 4) is 0 Å². The fourth-order valence-electron chi connectivity index (χ4n) is 10.2. The van der Waals surface area contributed by atoms with E-state index in [9.17, 15) is 14.4 Å². The molecule has 1 amide bonds. The Morgan fingerprint density at radius 3 is 2.09 bits per heavy atom. The molecule has 3 N–H and O–H groups in total. The third-order valence-electron chi connectivity index (χ3n) is 15.0. The summed E-state index contributed by atoms with van der Waals surface area (Å²) in [6, 6.07) is 6.07. The van der Waals surface area contributed by atoms with Gasteiger partial charge in [-0.25, -0.2) is 9.97 Å². The van der Waals surface area contributed by atoms with Crippen molar-refractivity contribution in [3.63, 3.8) is 0 Å². The number of H-pyrrole nitrogens is 2. The van der Waals surface area contributed by atoms with Gasteiger partial charge in [0.2, 0.25) is 22.8 Å². The van der Waals surface area contributed by atoms with Gasteiger partial charge in [0.15, 0.2) is 0 Å². The first-order chi connectivity index (χ1) is 32.9. The van der Waals surface area contributed by atoms with Crippen molar-refractivity contribution >= 4 is 74.2 Å². The Bertz CT molecular complexity index is 2490. The number of carbonyl (C=O) groups is 3. The number of aromatic nitrogens is 4. The van der Waals surface area contributed by atoms with Gasteiger partial charge in [0.05, 0.1) is 19.1 Å².